The van der Waals surface area contributed by atoms with Gasteiger partial charge in [0.25, 0.3) is 5.91 Å². The summed E-state index contributed by atoms with van der Waals surface area (Å²) >= 11 is 5.80. The van der Waals surface area contributed by atoms with Crippen molar-refractivity contribution < 1.29 is 9.53 Å². The number of carbonyl (C=O) groups is 1. The Kier molecular flexibility index (Phi) is 6.50. The van der Waals surface area contributed by atoms with Crippen LogP contribution in [0.5, 0.6) is 5.75 Å². The minimum atomic E-state index is -0.318. The van der Waals surface area contributed by atoms with Crippen LogP contribution in [0.15, 0.2) is 53.6 Å². The third-order valence-electron chi connectivity index (χ3n) is 4.20. The molecule has 1 N–H and O–H groups in total. The van der Waals surface area contributed by atoms with E-state index in [1.807, 2.05) is 12.1 Å². The number of hydrogen-bond donors (Lipinski definition) is 1. The number of halogens is 1. The van der Waals surface area contributed by atoms with Gasteiger partial charge >= 0.3 is 0 Å². The molecule has 0 radical (unpaired) electrons. The molecule has 1 aliphatic rings. The maximum atomic E-state index is 11.8. The van der Waals surface area contributed by atoms with Crippen LogP contribution in [-0.4, -0.2) is 31.8 Å². The Balaban J connectivity index is 1.44. The maximum Gasteiger partial charge on any atom is 0.277 e. The number of ether oxygens (including phenoxy) is 1. The monoisotopic (exact) mass is 371 g/mol. The quantitative estimate of drug-likeness (QED) is 0.619. The van der Waals surface area contributed by atoms with Crippen LogP contribution >= 0.6 is 11.6 Å². The summed E-state index contributed by atoms with van der Waals surface area (Å²) in [6, 6.07) is 15.0. The number of hydrazone groups is 1. The molecule has 3 rings (SSSR count). The van der Waals surface area contributed by atoms with E-state index < -0.39 is 0 Å². The second kappa shape index (κ2) is 9.25. The lowest BCUT2D eigenvalue weighted by Gasteiger charge is -2.28. The summed E-state index contributed by atoms with van der Waals surface area (Å²) in [5, 5.41) is 4.59. The molecule has 2 aromatic rings. The average molecular weight is 372 g/mol. The van der Waals surface area contributed by atoms with Crippen LogP contribution in [0.1, 0.15) is 24.8 Å². The van der Waals surface area contributed by atoms with Crippen molar-refractivity contribution in [3.63, 3.8) is 0 Å². The van der Waals surface area contributed by atoms with Crippen LogP contribution in [0.3, 0.4) is 0 Å². The lowest BCUT2D eigenvalue weighted by atomic mass is 10.1. The van der Waals surface area contributed by atoms with Crippen molar-refractivity contribution in [2.75, 3.05) is 24.6 Å². The summed E-state index contributed by atoms with van der Waals surface area (Å²) in [7, 11) is 0. The van der Waals surface area contributed by atoms with Crippen molar-refractivity contribution in [3.05, 3.63) is 59.1 Å². The molecule has 1 aliphatic heterocycles. The summed E-state index contributed by atoms with van der Waals surface area (Å²) in [6.45, 7) is 2.14. The van der Waals surface area contributed by atoms with Crippen LogP contribution in [0.2, 0.25) is 5.02 Å². The van der Waals surface area contributed by atoms with Gasteiger partial charge in [0.05, 0.1) is 6.21 Å². The molecule has 0 bridgehead atoms. The molecule has 0 saturated carbocycles. The Morgan fingerprint density at radius 3 is 2.46 bits per heavy atom. The molecule has 0 aliphatic carbocycles. The Morgan fingerprint density at radius 2 is 1.77 bits per heavy atom. The van der Waals surface area contributed by atoms with Gasteiger partial charge in [-0.3, -0.25) is 4.79 Å². The number of piperidine rings is 1. The van der Waals surface area contributed by atoms with E-state index in [4.69, 9.17) is 16.3 Å². The Hall–Kier alpha value is -2.53. The van der Waals surface area contributed by atoms with Gasteiger partial charge in [-0.15, -0.1) is 0 Å². The molecule has 5 nitrogen and oxygen atoms in total. The number of hydrogen-bond acceptors (Lipinski definition) is 4. The van der Waals surface area contributed by atoms with Gasteiger partial charge in [-0.25, -0.2) is 5.43 Å². The normalized spacial score (nSPS) is 14.4. The topological polar surface area (TPSA) is 53.9 Å². The first-order valence-electron chi connectivity index (χ1n) is 8.76. The molecule has 26 heavy (non-hydrogen) atoms. The SMILES string of the molecule is O=C(COc1ccc(Cl)cc1)N/N=C\c1ccc(N2CCCCC2)cc1. The molecule has 136 valence electrons. The molecule has 0 aromatic heterocycles. The molecule has 1 amide bonds. The van der Waals surface area contributed by atoms with Crippen LogP contribution in [0, 0.1) is 0 Å². The first-order chi connectivity index (χ1) is 12.7. The molecule has 0 atom stereocenters. The van der Waals surface area contributed by atoms with Crippen molar-refractivity contribution in [2.45, 2.75) is 19.3 Å². The van der Waals surface area contributed by atoms with Gasteiger partial charge in [0.15, 0.2) is 6.61 Å². The molecule has 1 fully saturated rings. The number of rotatable bonds is 6. The van der Waals surface area contributed by atoms with Gasteiger partial charge < -0.3 is 9.64 Å². The molecular weight excluding hydrogens is 350 g/mol. The fraction of sp³-hybridized carbons (Fsp3) is 0.300. The molecule has 0 unspecified atom stereocenters. The predicted octanol–water partition coefficient (Wildman–Crippen LogP) is 3.86. The van der Waals surface area contributed by atoms with E-state index >= 15 is 0 Å². The number of benzene rings is 2. The zero-order valence-electron chi connectivity index (χ0n) is 14.5. The molecular formula is C20H22ClN3O2. The van der Waals surface area contributed by atoms with Gasteiger partial charge in [-0.2, -0.15) is 5.10 Å². The zero-order chi connectivity index (χ0) is 18.2. The number of amides is 1. The Bertz CT molecular complexity index is 739. The van der Waals surface area contributed by atoms with Crippen LogP contribution in [0.4, 0.5) is 5.69 Å². The van der Waals surface area contributed by atoms with Gasteiger partial charge in [-0.05, 0) is 61.2 Å². The number of carbonyl (C=O) groups excluding carboxylic acids is 1. The zero-order valence-corrected chi connectivity index (χ0v) is 15.3. The highest BCUT2D eigenvalue weighted by Crippen LogP contribution is 2.19. The molecule has 6 heteroatoms. The van der Waals surface area contributed by atoms with E-state index in [1.54, 1.807) is 30.5 Å². The molecule has 0 spiro atoms. The minimum Gasteiger partial charge on any atom is -0.484 e. The van der Waals surface area contributed by atoms with Crippen LogP contribution in [-0.2, 0) is 4.79 Å². The van der Waals surface area contributed by atoms with Crippen LogP contribution < -0.4 is 15.1 Å². The van der Waals surface area contributed by atoms with Gasteiger partial charge in [0.2, 0.25) is 0 Å². The van der Waals surface area contributed by atoms with E-state index in [1.165, 1.54) is 24.9 Å². The molecule has 2 aromatic carbocycles. The Labute approximate surface area is 158 Å². The van der Waals surface area contributed by atoms with Crippen LogP contribution in [0.25, 0.3) is 0 Å². The fourth-order valence-corrected chi connectivity index (χ4v) is 2.94. The highest BCUT2D eigenvalue weighted by Gasteiger charge is 2.10. The lowest BCUT2D eigenvalue weighted by molar-refractivity contribution is -0.123. The first-order valence-corrected chi connectivity index (χ1v) is 9.14. The summed E-state index contributed by atoms with van der Waals surface area (Å²) in [4.78, 5) is 14.2. The second-order valence-corrected chi connectivity index (χ2v) is 6.61. The fourth-order valence-electron chi connectivity index (χ4n) is 2.81. The summed E-state index contributed by atoms with van der Waals surface area (Å²) < 4.78 is 5.36. The first kappa shape index (κ1) is 18.3. The number of nitrogens with zero attached hydrogens (tertiary/aromatic N) is 2. The number of nitrogens with one attached hydrogen (secondary N) is 1. The highest BCUT2D eigenvalue weighted by atomic mass is 35.5. The third-order valence-corrected chi connectivity index (χ3v) is 4.45. The largest absolute Gasteiger partial charge is 0.484 e. The van der Waals surface area contributed by atoms with E-state index in [0.29, 0.717) is 10.8 Å². The van der Waals surface area contributed by atoms with Crippen molar-refractivity contribution in [3.8, 4) is 5.75 Å². The number of anilines is 1. The Morgan fingerprint density at radius 1 is 1.08 bits per heavy atom. The van der Waals surface area contributed by atoms with Crippen molar-refractivity contribution in [2.24, 2.45) is 5.10 Å². The van der Waals surface area contributed by atoms with Crippen molar-refractivity contribution in [1.82, 2.24) is 5.43 Å². The minimum absolute atomic E-state index is 0.104. The van der Waals surface area contributed by atoms with Crippen molar-refractivity contribution >= 4 is 29.4 Å². The second-order valence-electron chi connectivity index (χ2n) is 6.18. The van der Waals surface area contributed by atoms with Crippen molar-refractivity contribution in [1.29, 1.82) is 0 Å². The van der Waals surface area contributed by atoms with E-state index in [2.05, 4.69) is 27.6 Å². The van der Waals surface area contributed by atoms with E-state index in [-0.39, 0.29) is 12.5 Å². The summed E-state index contributed by atoms with van der Waals surface area (Å²) in [6.07, 6.45) is 5.46. The van der Waals surface area contributed by atoms with E-state index in [0.717, 1.165) is 18.7 Å². The smallest absolute Gasteiger partial charge is 0.277 e. The average Bonchev–Trinajstić information content (AvgIpc) is 2.69. The molecule has 1 heterocycles. The lowest BCUT2D eigenvalue weighted by Crippen LogP contribution is -2.29. The van der Waals surface area contributed by atoms with Gasteiger partial charge in [0.1, 0.15) is 5.75 Å². The maximum absolute atomic E-state index is 11.8. The van der Waals surface area contributed by atoms with E-state index in [9.17, 15) is 4.79 Å². The van der Waals surface area contributed by atoms with Gasteiger partial charge in [0, 0.05) is 23.8 Å². The summed E-state index contributed by atoms with van der Waals surface area (Å²) in [5.41, 5.74) is 4.63. The third kappa shape index (κ3) is 5.49. The molecule has 1 saturated heterocycles. The summed E-state index contributed by atoms with van der Waals surface area (Å²) in [5.74, 6) is 0.267. The van der Waals surface area contributed by atoms with Gasteiger partial charge in [-0.1, -0.05) is 23.7 Å². The standard InChI is InChI=1S/C20H22ClN3O2/c21-17-6-10-19(11-7-17)26-15-20(25)23-22-14-16-4-8-18(9-5-16)24-12-2-1-3-13-24/h4-11,14H,1-3,12-13,15H2,(H,23,25)/b22-14-. The highest BCUT2D eigenvalue weighted by molar-refractivity contribution is 6.30. The predicted molar refractivity (Wildman–Crippen MR) is 105 cm³/mol.